The lowest BCUT2D eigenvalue weighted by Gasteiger charge is -2.41. The molecule has 2 atom stereocenters. The molecule has 0 aromatic heterocycles. The monoisotopic (exact) mass is 282 g/mol. The van der Waals surface area contributed by atoms with E-state index in [4.69, 9.17) is 14.2 Å². The summed E-state index contributed by atoms with van der Waals surface area (Å²) in [5.74, 6) is 0. The van der Waals surface area contributed by atoms with Crippen LogP contribution in [0.15, 0.2) is 30.3 Å². The molecule has 0 saturated carbocycles. The van der Waals surface area contributed by atoms with Gasteiger partial charge in [-0.15, -0.1) is 0 Å². The third-order valence-electron chi connectivity index (χ3n) is 3.06. The predicted octanol–water partition coefficient (Wildman–Crippen LogP) is 2.14. The van der Waals surface area contributed by atoms with Crippen molar-refractivity contribution in [2.75, 3.05) is 13.2 Å². The van der Waals surface area contributed by atoms with E-state index >= 15 is 0 Å². The van der Waals surface area contributed by atoms with Crippen LogP contribution in [0.4, 0.5) is 0 Å². The predicted molar refractivity (Wildman–Crippen MR) is 75.2 cm³/mol. The SMILES string of the molecule is C[Si](C)(C)O[C@@H]1COOC[C@@]1(O)Cc1ccccc1. The largest absolute Gasteiger partial charge is 0.409 e. The van der Waals surface area contributed by atoms with Crippen LogP contribution in [0.5, 0.6) is 0 Å². The maximum atomic E-state index is 10.8. The molecule has 0 amide bonds. The topological polar surface area (TPSA) is 47.9 Å². The Morgan fingerprint density at radius 2 is 1.95 bits per heavy atom. The first-order valence-corrected chi connectivity index (χ1v) is 9.98. The highest BCUT2D eigenvalue weighted by atomic mass is 28.4. The van der Waals surface area contributed by atoms with Crippen LogP contribution < -0.4 is 0 Å². The van der Waals surface area contributed by atoms with Gasteiger partial charge in [-0.3, -0.25) is 0 Å². The highest BCUT2D eigenvalue weighted by Crippen LogP contribution is 2.27. The molecule has 19 heavy (non-hydrogen) atoms. The summed E-state index contributed by atoms with van der Waals surface area (Å²) >= 11 is 0. The van der Waals surface area contributed by atoms with Crippen molar-refractivity contribution in [3.05, 3.63) is 35.9 Å². The molecule has 0 radical (unpaired) electrons. The zero-order chi connectivity index (χ0) is 13.9. The molecule has 1 heterocycles. The summed E-state index contributed by atoms with van der Waals surface area (Å²) in [7, 11) is -1.75. The Morgan fingerprint density at radius 1 is 1.26 bits per heavy atom. The van der Waals surface area contributed by atoms with Crippen molar-refractivity contribution >= 4 is 8.32 Å². The minimum Gasteiger partial charge on any atom is -0.409 e. The molecule has 0 spiro atoms. The Labute approximate surface area is 115 Å². The van der Waals surface area contributed by atoms with Gasteiger partial charge in [0.25, 0.3) is 0 Å². The van der Waals surface area contributed by atoms with Crippen LogP contribution in [0.3, 0.4) is 0 Å². The zero-order valence-electron chi connectivity index (χ0n) is 11.8. The minimum atomic E-state index is -1.75. The fourth-order valence-corrected chi connectivity index (χ4v) is 3.33. The summed E-state index contributed by atoms with van der Waals surface area (Å²) in [5, 5.41) is 10.8. The molecule has 0 unspecified atom stereocenters. The van der Waals surface area contributed by atoms with Crippen LogP contribution in [-0.2, 0) is 20.6 Å². The molecule has 2 rings (SSSR count). The first-order valence-electron chi connectivity index (χ1n) is 6.58. The van der Waals surface area contributed by atoms with Crippen LogP contribution in [0.1, 0.15) is 5.56 Å². The Balaban J connectivity index is 2.12. The fraction of sp³-hybridized carbons (Fsp3) is 0.571. The Kier molecular flexibility index (Phi) is 4.42. The lowest BCUT2D eigenvalue weighted by Crippen LogP contribution is -2.57. The number of aliphatic hydroxyl groups is 1. The quantitative estimate of drug-likeness (QED) is 0.679. The third-order valence-corrected chi connectivity index (χ3v) is 4.05. The van der Waals surface area contributed by atoms with Crippen LogP contribution in [0.2, 0.25) is 19.6 Å². The van der Waals surface area contributed by atoms with Crippen LogP contribution in [0.25, 0.3) is 0 Å². The van der Waals surface area contributed by atoms with Crippen LogP contribution >= 0.6 is 0 Å². The highest BCUT2D eigenvalue weighted by Gasteiger charge is 2.43. The lowest BCUT2D eigenvalue weighted by molar-refractivity contribution is -0.370. The van der Waals surface area contributed by atoms with Gasteiger partial charge in [0.15, 0.2) is 8.32 Å². The van der Waals surface area contributed by atoms with Gasteiger partial charge in [0.05, 0.1) is 0 Å². The fourth-order valence-electron chi connectivity index (χ4n) is 2.19. The number of hydrogen-bond acceptors (Lipinski definition) is 4. The Hall–Kier alpha value is -0.723. The minimum absolute atomic E-state index is 0.136. The van der Waals surface area contributed by atoms with Gasteiger partial charge >= 0.3 is 0 Å². The second-order valence-corrected chi connectivity index (χ2v) is 10.5. The van der Waals surface area contributed by atoms with E-state index in [1.54, 1.807) is 0 Å². The average Bonchev–Trinajstić information content (AvgIpc) is 2.32. The van der Waals surface area contributed by atoms with E-state index in [9.17, 15) is 5.11 Å². The van der Waals surface area contributed by atoms with Gasteiger partial charge in [0.1, 0.15) is 24.9 Å². The first-order chi connectivity index (χ1) is 8.89. The van der Waals surface area contributed by atoms with E-state index in [1.165, 1.54) is 0 Å². The van der Waals surface area contributed by atoms with Crippen molar-refractivity contribution in [1.82, 2.24) is 0 Å². The van der Waals surface area contributed by atoms with Gasteiger partial charge < -0.3 is 9.53 Å². The molecule has 1 aromatic rings. The Morgan fingerprint density at radius 3 is 2.58 bits per heavy atom. The molecule has 1 aromatic carbocycles. The number of rotatable bonds is 4. The molecule has 0 aliphatic carbocycles. The van der Waals surface area contributed by atoms with Crippen molar-refractivity contribution in [1.29, 1.82) is 0 Å². The molecule has 5 heteroatoms. The third kappa shape index (κ3) is 4.12. The van der Waals surface area contributed by atoms with Gasteiger partial charge in [0.2, 0.25) is 0 Å². The molecule has 1 saturated heterocycles. The van der Waals surface area contributed by atoms with Crippen LogP contribution in [-0.4, -0.2) is 38.3 Å². The van der Waals surface area contributed by atoms with Gasteiger partial charge in [-0.1, -0.05) is 30.3 Å². The van der Waals surface area contributed by atoms with Gasteiger partial charge in [-0.05, 0) is 25.2 Å². The molecule has 0 bridgehead atoms. The second kappa shape index (κ2) is 5.72. The summed E-state index contributed by atoms with van der Waals surface area (Å²) in [5.41, 5.74) is 0.0413. The van der Waals surface area contributed by atoms with Crippen molar-refractivity contribution in [2.45, 2.75) is 37.8 Å². The molecule has 1 fully saturated rings. The van der Waals surface area contributed by atoms with Gasteiger partial charge in [-0.2, -0.15) is 0 Å². The summed E-state index contributed by atoms with van der Waals surface area (Å²) in [6.07, 6.45) is 0.167. The maximum Gasteiger partial charge on any atom is 0.184 e. The van der Waals surface area contributed by atoms with E-state index < -0.39 is 13.9 Å². The molecule has 1 aliphatic heterocycles. The van der Waals surface area contributed by atoms with Crippen molar-refractivity contribution in [2.24, 2.45) is 0 Å². The van der Waals surface area contributed by atoms with E-state index in [0.29, 0.717) is 6.42 Å². The molecular formula is C14H22O4Si. The van der Waals surface area contributed by atoms with E-state index in [0.717, 1.165) is 5.56 Å². The number of hydrogen-bond donors (Lipinski definition) is 1. The maximum absolute atomic E-state index is 10.8. The van der Waals surface area contributed by atoms with Crippen LogP contribution in [0, 0.1) is 0 Å². The van der Waals surface area contributed by atoms with E-state index in [2.05, 4.69) is 19.6 Å². The van der Waals surface area contributed by atoms with Crippen molar-refractivity contribution in [3.8, 4) is 0 Å². The number of benzene rings is 1. The summed E-state index contributed by atoms with van der Waals surface area (Å²) in [6, 6.07) is 9.89. The standard InChI is InChI=1S/C14H22O4Si/c1-19(2,3)18-13-10-16-17-11-14(13,15)9-12-7-5-4-6-8-12/h4-8,13,15H,9-11H2,1-3H3/t13-,14+/m1/s1. The normalized spacial score (nSPS) is 28.3. The van der Waals surface area contributed by atoms with Crippen molar-refractivity contribution < 1.29 is 19.3 Å². The summed E-state index contributed by atoms with van der Waals surface area (Å²) in [6.45, 7) is 6.72. The zero-order valence-corrected chi connectivity index (χ0v) is 12.8. The second-order valence-electron chi connectivity index (χ2n) is 6.03. The van der Waals surface area contributed by atoms with E-state index in [-0.39, 0.29) is 19.3 Å². The highest BCUT2D eigenvalue weighted by molar-refractivity contribution is 6.69. The Bertz CT molecular complexity index is 404. The van der Waals surface area contributed by atoms with Crippen molar-refractivity contribution in [3.63, 3.8) is 0 Å². The first kappa shape index (κ1) is 14.7. The molecule has 1 aliphatic rings. The summed E-state index contributed by atoms with van der Waals surface area (Å²) in [4.78, 5) is 9.99. The van der Waals surface area contributed by atoms with Gasteiger partial charge in [0, 0.05) is 6.42 Å². The summed E-state index contributed by atoms with van der Waals surface area (Å²) < 4.78 is 6.05. The van der Waals surface area contributed by atoms with E-state index in [1.807, 2.05) is 30.3 Å². The molecule has 106 valence electrons. The lowest BCUT2D eigenvalue weighted by atomic mass is 9.89. The molecule has 4 nitrogen and oxygen atoms in total. The molecular weight excluding hydrogens is 260 g/mol. The average molecular weight is 282 g/mol. The molecule has 1 N–H and O–H groups in total. The van der Waals surface area contributed by atoms with Gasteiger partial charge in [-0.25, -0.2) is 9.78 Å². The smallest absolute Gasteiger partial charge is 0.184 e.